The third-order valence-corrected chi connectivity index (χ3v) is 3.93. The number of hydrogen-bond acceptors (Lipinski definition) is 2. The Morgan fingerprint density at radius 3 is 2.50 bits per heavy atom. The van der Waals surface area contributed by atoms with Crippen molar-refractivity contribution in [2.45, 2.75) is 58.0 Å². The van der Waals surface area contributed by atoms with Gasteiger partial charge in [0.1, 0.15) is 0 Å². The fourth-order valence-electron chi connectivity index (χ4n) is 3.16. The molecule has 1 heterocycles. The summed E-state index contributed by atoms with van der Waals surface area (Å²) in [6, 6.07) is 1.24. The summed E-state index contributed by atoms with van der Waals surface area (Å²) in [5.41, 5.74) is 0. The van der Waals surface area contributed by atoms with E-state index in [9.17, 15) is 4.79 Å². The molecule has 1 saturated carbocycles. The third-order valence-electron chi connectivity index (χ3n) is 3.93. The smallest absolute Gasteiger partial charge is 0.219 e. The monoisotopic (exact) mass is 224 g/mol. The van der Waals surface area contributed by atoms with E-state index in [1.807, 2.05) is 4.90 Å². The highest BCUT2D eigenvalue weighted by Crippen LogP contribution is 2.22. The summed E-state index contributed by atoms with van der Waals surface area (Å²) in [5, 5.41) is 3.74. The van der Waals surface area contributed by atoms with E-state index in [0.29, 0.717) is 18.0 Å². The topological polar surface area (TPSA) is 32.3 Å². The first-order valence-electron chi connectivity index (χ1n) is 6.66. The van der Waals surface area contributed by atoms with E-state index in [-0.39, 0.29) is 5.91 Å². The van der Waals surface area contributed by atoms with Gasteiger partial charge in [0, 0.05) is 32.1 Å². The van der Waals surface area contributed by atoms with E-state index in [1.165, 1.54) is 32.1 Å². The highest BCUT2D eigenvalue weighted by atomic mass is 16.2. The molecule has 0 bridgehead atoms. The molecule has 2 fully saturated rings. The number of hydrogen-bond donors (Lipinski definition) is 1. The van der Waals surface area contributed by atoms with Crippen molar-refractivity contribution in [2.24, 2.45) is 5.92 Å². The molecule has 0 aromatic heterocycles. The predicted octanol–water partition coefficient (Wildman–Crippen LogP) is 1.78. The molecule has 3 heteroatoms. The Hall–Kier alpha value is -0.570. The Kier molecular flexibility index (Phi) is 3.85. The van der Waals surface area contributed by atoms with Gasteiger partial charge in [-0.05, 0) is 25.2 Å². The van der Waals surface area contributed by atoms with E-state index in [1.54, 1.807) is 6.92 Å². The minimum atomic E-state index is 0.227. The van der Waals surface area contributed by atoms with Gasteiger partial charge in [-0.3, -0.25) is 4.79 Å². The van der Waals surface area contributed by atoms with Gasteiger partial charge < -0.3 is 10.2 Å². The lowest BCUT2D eigenvalue weighted by Gasteiger charge is -2.37. The van der Waals surface area contributed by atoms with Gasteiger partial charge in [-0.15, -0.1) is 0 Å². The first-order valence-corrected chi connectivity index (χ1v) is 6.66. The molecule has 1 aliphatic carbocycles. The van der Waals surface area contributed by atoms with Crippen LogP contribution in [0.5, 0.6) is 0 Å². The summed E-state index contributed by atoms with van der Waals surface area (Å²) < 4.78 is 0. The number of carbonyl (C=O) groups excluding carboxylic acids is 1. The second kappa shape index (κ2) is 5.17. The molecule has 92 valence electrons. The number of amides is 1. The van der Waals surface area contributed by atoms with Crippen LogP contribution in [0.1, 0.15) is 46.0 Å². The Bertz CT molecular complexity index is 248. The van der Waals surface area contributed by atoms with Crippen molar-refractivity contribution in [1.82, 2.24) is 10.2 Å². The van der Waals surface area contributed by atoms with E-state index in [2.05, 4.69) is 12.2 Å². The molecule has 3 nitrogen and oxygen atoms in total. The normalized spacial score (nSPS) is 32.0. The first-order chi connectivity index (χ1) is 7.65. The Balaban J connectivity index is 1.86. The van der Waals surface area contributed by atoms with Crippen LogP contribution in [-0.2, 0) is 4.79 Å². The zero-order valence-electron chi connectivity index (χ0n) is 10.5. The number of likely N-dealkylation sites (tertiary alicyclic amines) is 1. The van der Waals surface area contributed by atoms with E-state index in [4.69, 9.17) is 0 Å². The number of carbonyl (C=O) groups is 1. The molecule has 2 atom stereocenters. The molecule has 0 radical (unpaired) electrons. The van der Waals surface area contributed by atoms with Gasteiger partial charge in [-0.2, -0.15) is 0 Å². The van der Waals surface area contributed by atoms with Crippen LogP contribution in [-0.4, -0.2) is 36.0 Å². The fraction of sp³-hybridized carbons (Fsp3) is 0.923. The molecule has 2 rings (SSSR count). The van der Waals surface area contributed by atoms with E-state index < -0.39 is 0 Å². The zero-order chi connectivity index (χ0) is 11.5. The van der Waals surface area contributed by atoms with Gasteiger partial charge in [-0.1, -0.05) is 19.8 Å². The van der Waals surface area contributed by atoms with Crippen LogP contribution in [0, 0.1) is 5.92 Å². The van der Waals surface area contributed by atoms with Crippen molar-refractivity contribution in [3.8, 4) is 0 Å². The lowest BCUT2D eigenvalue weighted by molar-refractivity contribution is -0.131. The molecular weight excluding hydrogens is 200 g/mol. The minimum absolute atomic E-state index is 0.227. The Labute approximate surface area is 98.6 Å². The minimum Gasteiger partial charge on any atom is -0.341 e. The Morgan fingerprint density at radius 1 is 1.19 bits per heavy atom. The van der Waals surface area contributed by atoms with Crippen LogP contribution in [0.2, 0.25) is 0 Å². The van der Waals surface area contributed by atoms with Gasteiger partial charge in [0.25, 0.3) is 0 Å². The highest BCUT2D eigenvalue weighted by molar-refractivity contribution is 5.73. The SMILES string of the molecule is CC(=O)N1CC(C)CC(NC2CCCC2)C1. The van der Waals surface area contributed by atoms with E-state index in [0.717, 1.165) is 13.1 Å². The molecule has 0 spiro atoms. The summed E-state index contributed by atoms with van der Waals surface area (Å²) in [7, 11) is 0. The number of nitrogens with zero attached hydrogens (tertiary/aromatic N) is 1. The summed E-state index contributed by atoms with van der Waals surface area (Å²) >= 11 is 0. The second-order valence-corrected chi connectivity index (χ2v) is 5.61. The molecular formula is C13H24N2O. The molecule has 1 aliphatic heterocycles. The fourth-order valence-corrected chi connectivity index (χ4v) is 3.16. The van der Waals surface area contributed by atoms with Crippen LogP contribution < -0.4 is 5.32 Å². The van der Waals surface area contributed by atoms with Gasteiger partial charge in [-0.25, -0.2) is 0 Å². The molecule has 1 N–H and O–H groups in total. The van der Waals surface area contributed by atoms with Gasteiger partial charge >= 0.3 is 0 Å². The van der Waals surface area contributed by atoms with Crippen molar-refractivity contribution in [1.29, 1.82) is 0 Å². The molecule has 1 amide bonds. The number of rotatable bonds is 2. The Morgan fingerprint density at radius 2 is 1.88 bits per heavy atom. The quantitative estimate of drug-likeness (QED) is 0.775. The van der Waals surface area contributed by atoms with E-state index >= 15 is 0 Å². The van der Waals surface area contributed by atoms with Crippen molar-refractivity contribution in [2.75, 3.05) is 13.1 Å². The standard InChI is InChI=1S/C13H24N2O/c1-10-7-13(9-15(8-10)11(2)16)14-12-5-3-4-6-12/h10,12-14H,3-9H2,1-2H3. The number of nitrogens with one attached hydrogen (secondary N) is 1. The molecule has 2 unspecified atom stereocenters. The summed E-state index contributed by atoms with van der Waals surface area (Å²) in [5.74, 6) is 0.862. The zero-order valence-corrected chi connectivity index (χ0v) is 10.5. The predicted molar refractivity (Wildman–Crippen MR) is 65.2 cm³/mol. The average molecular weight is 224 g/mol. The lowest BCUT2D eigenvalue weighted by Crippen LogP contribution is -2.52. The van der Waals surface area contributed by atoms with Crippen molar-refractivity contribution < 1.29 is 4.79 Å². The maximum Gasteiger partial charge on any atom is 0.219 e. The van der Waals surface area contributed by atoms with Gasteiger partial charge in [0.05, 0.1) is 0 Å². The van der Waals surface area contributed by atoms with Crippen LogP contribution in [0.3, 0.4) is 0 Å². The van der Waals surface area contributed by atoms with Gasteiger partial charge in [0.15, 0.2) is 0 Å². The maximum absolute atomic E-state index is 11.4. The van der Waals surface area contributed by atoms with Crippen molar-refractivity contribution >= 4 is 5.91 Å². The number of piperidine rings is 1. The van der Waals surface area contributed by atoms with Gasteiger partial charge in [0.2, 0.25) is 5.91 Å². The molecule has 0 aromatic rings. The van der Waals surface area contributed by atoms with Crippen LogP contribution in [0.4, 0.5) is 0 Å². The van der Waals surface area contributed by atoms with Crippen LogP contribution >= 0.6 is 0 Å². The van der Waals surface area contributed by atoms with Crippen molar-refractivity contribution in [3.63, 3.8) is 0 Å². The molecule has 0 aromatic carbocycles. The van der Waals surface area contributed by atoms with Crippen molar-refractivity contribution in [3.05, 3.63) is 0 Å². The second-order valence-electron chi connectivity index (χ2n) is 5.61. The molecule has 16 heavy (non-hydrogen) atoms. The average Bonchev–Trinajstić information content (AvgIpc) is 2.69. The maximum atomic E-state index is 11.4. The third kappa shape index (κ3) is 2.97. The van der Waals surface area contributed by atoms with Crippen LogP contribution in [0.25, 0.3) is 0 Å². The largest absolute Gasteiger partial charge is 0.341 e. The first kappa shape index (κ1) is 11.9. The highest BCUT2D eigenvalue weighted by Gasteiger charge is 2.28. The molecule has 2 aliphatic rings. The molecule has 1 saturated heterocycles. The summed E-state index contributed by atoms with van der Waals surface area (Å²) in [6.45, 7) is 5.79. The summed E-state index contributed by atoms with van der Waals surface area (Å²) in [4.78, 5) is 13.4. The van der Waals surface area contributed by atoms with Crippen LogP contribution in [0.15, 0.2) is 0 Å². The lowest BCUT2D eigenvalue weighted by atomic mass is 9.95. The summed E-state index contributed by atoms with van der Waals surface area (Å²) in [6.07, 6.45) is 6.61.